The molecule has 118 valence electrons. The van der Waals surface area contributed by atoms with Gasteiger partial charge < -0.3 is 4.74 Å². The first-order valence-electron chi connectivity index (χ1n) is 7.07. The van der Waals surface area contributed by atoms with Crippen LogP contribution >= 0.6 is 0 Å². The predicted octanol–water partition coefficient (Wildman–Crippen LogP) is 2.44. The highest BCUT2D eigenvalue weighted by atomic mass is 32.2. The van der Waals surface area contributed by atoms with E-state index in [4.69, 9.17) is 4.74 Å². The highest BCUT2D eigenvalue weighted by Crippen LogP contribution is 2.19. The van der Waals surface area contributed by atoms with Gasteiger partial charge in [-0.15, -0.1) is 0 Å². The molecule has 0 bridgehead atoms. The minimum atomic E-state index is -3.39. The summed E-state index contributed by atoms with van der Waals surface area (Å²) in [5, 5.41) is 0. The molecular weight excluding hydrogens is 300 g/mol. The highest BCUT2D eigenvalue weighted by Gasteiger charge is 2.20. The first-order valence-corrected chi connectivity index (χ1v) is 8.68. The summed E-state index contributed by atoms with van der Waals surface area (Å²) in [6, 6.07) is 12.7. The van der Waals surface area contributed by atoms with Crippen molar-refractivity contribution in [2.45, 2.75) is 19.2 Å². The van der Waals surface area contributed by atoms with Gasteiger partial charge in [0.05, 0.1) is 12.4 Å². The van der Waals surface area contributed by atoms with Gasteiger partial charge in [-0.1, -0.05) is 36.4 Å². The summed E-state index contributed by atoms with van der Waals surface area (Å²) in [5.74, 6) is 0.459. The molecule has 6 heteroatoms. The third kappa shape index (κ3) is 4.29. The molecule has 1 aromatic heterocycles. The average molecular weight is 320 g/mol. The van der Waals surface area contributed by atoms with Crippen LogP contribution in [-0.4, -0.2) is 31.4 Å². The van der Waals surface area contributed by atoms with Crippen molar-refractivity contribution in [3.63, 3.8) is 0 Å². The van der Waals surface area contributed by atoms with Crippen molar-refractivity contribution < 1.29 is 13.2 Å². The lowest BCUT2D eigenvalue weighted by Gasteiger charge is -2.18. The zero-order valence-electron chi connectivity index (χ0n) is 12.8. The van der Waals surface area contributed by atoms with Crippen LogP contribution in [0.5, 0.6) is 5.88 Å². The number of pyridine rings is 1. The van der Waals surface area contributed by atoms with Gasteiger partial charge in [0.2, 0.25) is 15.9 Å². The molecule has 2 rings (SSSR count). The second kappa shape index (κ2) is 7.38. The second-order valence-electron chi connectivity index (χ2n) is 4.90. The fraction of sp³-hybridized carbons (Fsp3) is 0.312. The van der Waals surface area contributed by atoms with Crippen LogP contribution in [0.2, 0.25) is 0 Å². The van der Waals surface area contributed by atoms with Gasteiger partial charge in [-0.25, -0.2) is 17.7 Å². The van der Waals surface area contributed by atoms with E-state index in [1.165, 1.54) is 4.31 Å². The van der Waals surface area contributed by atoms with Gasteiger partial charge in [0.15, 0.2) is 0 Å². The summed E-state index contributed by atoms with van der Waals surface area (Å²) in [7, 11) is -1.82. The van der Waals surface area contributed by atoms with E-state index in [0.29, 0.717) is 12.5 Å². The van der Waals surface area contributed by atoms with E-state index in [-0.39, 0.29) is 12.3 Å². The van der Waals surface area contributed by atoms with E-state index in [9.17, 15) is 8.42 Å². The van der Waals surface area contributed by atoms with Crippen LogP contribution in [0.25, 0.3) is 0 Å². The summed E-state index contributed by atoms with van der Waals surface area (Å²) in [6.07, 6.45) is 1.63. The Hall–Kier alpha value is -1.92. The Morgan fingerprint density at radius 3 is 2.55 bits per heavy atom. The molecule has 0 aliphatic rings. The molecule has 5 nitrogen and oxygen atoms in total. The molecule has 0 aliphatic carbocycles. The van der Waals surface area contributed by atoms with E-state index in [1.807, 2.05) is 31.2 Å². The fourth-order valence-corrected chi connectivity index (χ4v) is 3.21. The van der Waals surface area contributed by atoms with E-state index in [1.54, 1.807) is 31.4 Å². The molecule has 2 aromatic rings. The van der Waals surface area contributed by atoms with Crippen molar-refractivity contribution in [3.05, 3.63) is 59.8 Å². The molecule has 0 saturated heterocycles. The lowest BCUT2D eigenvalue weighted by molar-refractivity contribution is 0.318. The van der Waals surface area contributed by atoms with E-state index < -0.39 is 10.0 Å². The minimum absolute atomic E-state index is 0.0193. The molecule has 1 aromatic carbocycles. The van der Waals surface area contributed by atoms with Gasteiger partial charge >= 0.3 is 0 Å². The normalized spacial score (nSPS) is 11.6. The first kappa shape index (κ1) is 16.5. The average Bonchev–Trinajstić information content (AvgIpc) is 2.50. The molecule has 0 N–H and O–H groups in total. The Morgan fingerprint density at radius 1 is 1.14 bits per heavy atom. The van der Waals surface area contributed by atoms with Crippen LogP contribution in [0, 0.1) is 0 Å². The molecule has 0 atom stereocenters. The smallest absolute Gasteiger partial charge is 0.218 e. The second-order valence-corrected chi connectivity index (χ2v) is 6.97. The molecular formula is C16H20N2O3S. The number of aromatic nitrogens is 1. The van der Waals surface area contributed by atoms with Crippen LogP contribution < -0.4 is 4.74 Å². The zero-order chi connectivity index (χ0) is 16.0. The van der Waals surface area contributed by atoms with Crippen molar-refractivity contribution in [1.29, 1.82) is 0 Å². The Labute approximate surface area is 131 Å². The molecule has 0 spiro atoms. The lowest BCUT2D eigenvalue weighted by atomic mass is 10.2. The number of sulfonamides is 1. The van der Waals surface area contributed by atoms with E-state index >= 15 is 0 Å². The maximum atomic E-state index is 12.4. The van der Waals surface area contributed by atoms with Crippen molar-refractivity contribution >= 4 is 10.0 Å². The Bertz CT molecular complexity index is 702. The van der Waals surface area contributed by atoms with Crippen molar-refractivity contribution in [3.8, 4) is 5.88 Å². The lowest BCUT2D eigenvalue weighted by Crippen LogP contribution is -2.28. The minimum Gasteiger partial charge on any atom is -0.478 e. The number of hydrogen-bond acceptors (Lipinski definition) is 4. The third-order valence-electron chi connectivity index (χ3n) is 3.19. The zero-order valence-corrected chi connectivity index (χ0v) is 13.6. The molecule has 0 aliphatic heterocycles. The van der Waals surface area contributed by atoms with Crippen LogP contribution in [0.4, 0.5) is 0 Å². The summed E-state index contributed by atoms with van der Waals surface area (Å²) >= 11 is 0. The van der Waals surface area contributed by atoms with Crippen molar-refractivity contribution in [2.24, 2.45) is 0 Å². The summed E-state index contributed by atoms with van der Waals surface area (Å²) in [4.78, 5) is 4.14. The number of benzene rings is 1. The van der Waals surface area contributed by atoms with Crippen LogP contribution in [0.15, 0.2) is 48.7 Å². The molecule has 0 amide bonds. The standard InChI is InChI=1S/C16H20N2O3S/c1-3-21-16-15(10-7-11-17-16)12-18(2)22(19,20)13-14-8-5-4-6-9-14/h4-11H,3,12-13H2,1-2H3. The van der Waals surface area contributed by atoms with Gasteiger partial charge in [-0.2, -0.15) is 0 Å². The van der Waals surface area contributed by atoms with E-state index in [2.05, 4.69) is 4.98 Å². The molecule has 0 unspecified atom stereocenters. The maximum absolute atomic E-state index is 12.4. The fourth-order valence-electron chi connectivity index (χ4n) is 2.04. The summed E-state index contributed by atoms with van der Waals surface area (Å²) in [5.41, 5.74) is 1.52. The monoisotopic (exact) mass is 320 g/mol. The first-order chi connectivity index (χ1) is 10.5. The summed E-state index contributed by atoms with van der Waals surface area (Å²) < 4.78 is 31.6. The SMILES string of the molecule is CCOc1ncccc1CN(C)S(=O)(=O)Cc1ccccc1. The Morgan fingerprint density at radius 2 is 1.86 bits per heavy atom. The van der Waals surface area contributed by atoms with Gasteiger partial charge in [0.25, 0.3) is 0 Å². The number of nitrogens with zero attached hydrogens (tertiary/aromatic N) is 2. The number of hydrogen-bond donors (Lipinski definition) is 0. The quantitative estimate of drug-likeness (QED) is 0.786. The van der Waals surface area contributed by atoms with Crippen LogP contribution in [0.3, 0.4) is 0 Å². The highest BCUT2D eigenvalue weighted by molar-refractivity contribution is 7.88. The summed E-state index contributed by atoms with van der Waals surface area (Å²) in [6.45, 7) is 2.59. The maximum Gasteiger partial charge on any atom is 0.218 e. The van der Waals surface area contributed by atoms with Crippen LogP contribution in [0.1, 0.15) is 18.1 Å². The topological polar surface area (TPSA) is 59.5 Å². The molecule has 1 heterocycles. The third-order valence-corrected chi connectivity index (χ3v) is 4.97. The molecule has 0 saturated carbocycles. The Balaban J connectivity index is 2.12. The van der Waals surface area contributed by atoms with Crippen molar-refractivity contribution in [2.75, 3.05) is 13.7 Å². The van der Waals surface area contributed by atoms with Gasteiger partial charge in [0, 0.05) is 25.4 Å². The van der Waals surface area contributed by atoms with Crippen molar-refractivity contribution in [1.82, 2.24) is 9.29 Å². The molecule has 0 fully saturated rings. The van der Waals surface area contributed by atoms with Gasteiger partial charge in [0.1, 0.15) is 0 Å². The van der Waals surface area contributed by atoms with Crippen LogP contribution in [-0.2, 0) is 22.3 Å². The number of rotatable bonds is 7. The largest absolute Gasteiger partial charge is 0.478 e. The molecule has 22 heavy (non-hydrogen) atoms. The number of ether oxygens (including phenoxy) is 1. The van der Waals surface area contributed by atoms with Gasteiger partial charge in [-0.3, -0.25) is 0 Å². The van der Waals surface area contributed by atoms with Gasteiger partial charge in [-0.05, 0) is 18.6 Å². The van der Waals surface area contributed by atoms with E-state index in [0.717, 1.165) is 11.1 Å². The Kier molecular flexibility index (Phi) is 5.51. The predicted molar refractivity (Wildman–Crippen MR) is 85.9 cm³/mol. The molecule has 0 radical (unpaired) electrons.